The quantitative estimate of drug-likeness (QED) is 0.614. The molecule has 1 heterocycles. The van der Waals surface area contributed by atoms with E-state index in [-0.39, 0.29) is 11.4 Å². The second-order valence-corrected chi connectivity index (χ2v) is 8.84. The number of carbonyl (C=O) groups excluding carboxylic acids is 1. The van der Waals surface area contributed by atoms with Gasteiger partial charge in [0.25, 0.3) is 15.9 Å². The Balaban J connectivity index is 1.65. The summed E-state index contributed by atoms with van der Waals surface area (Å²) in [6.07, 6.45) is -1.07. The fraction of sp³-hybridized carbons (Fsp3) is 0.174. The van der Waals surface area contributed by atoms with Crippen LogP contribution in [-0.4, -0.2) is 41.2 Å². The zero-order valence-corrected chi connectivity index (χ0v) is 18.3. The van der Waals surface area contributed by atoms with E-state index in [0.717, 1.165) is 0 Å². The van der Waals surface area contributed by atoms with Gasteiger partial charge in [0.1, 0.15) is 17.2 Å². The van der Waals surface area contributed by atoms with Gasteiger partial charge < -0.3 is 19.5 Å². The smallest absolute Gasteiger partial charge is 0.267 e. The van der Waals surface area contributed by atoms with Crippen molar-refractivity contribution < 1.29 is 27.4 Å². The summed E-state index contributed by atoms with van der Waals surface area (Å²) in [7, 11) is -0.896. The fourth-order valence-corrected chi connectivity index (χ4v) is 4.90. The van der Waals surface area contributed by atoms with Crippen LogP contribution >= 0.6 is 0 Å². The first-order valence-corrected chi connectivity index (χ1v) is 11.2. The third-order valence-electron chi connectivity index (χ3n) is 5.03. The van der Waals surface area contributed by atoms with Gasteiger partial charge in [-0.3, -0.25) is 9.10 Å². The molecule has 32 heavy (non-hydrogen) atoms. The number of carbonyl (C=O) groups is 1. The van der Waals surface area contributed by atoms with Crippen molar-refractivity contribution in [3.63, 3.8) is 0 Å². The van der Waals surface area contributed by atoms with Crippen molar-refractivity contribution in [2.45, 2.75) is 11.0 Å². The standard InChI is InChI=1S/C23H22N2O6S/c1-29-16-12-13-18(21(14-16)30-2)24-23(26)22-15-25(19-10-6-7-11-20(19)31-22)32(27,28)17-8-4-3-5-9-17/h3-14,22H,15H2,1-2H3,(H,24,26)/t22-/m0/s1. The minimum atomic E-state index is -3.90. The van der Waals surface area contributed by atoms with Crippen LogP contribution in [0.1, 0.15) is 0 Å². The van der Waals surface area contributed by atoms with E-state index in [1.807, 2.05) is 0 Å². The van der Waals surface area contributed by atoms with E-state index >= 15 is 0 Å². The lowest BCUT2D eigenvalue weighted by atomic mass is 10.2. The summed E-state index contributed by atoms with van der Waals surface area (Å²) in [5.74, 6) is 0.779. The van der Waals surface area contributed by atoms with Crippen molar-refractivity contribution in [3.05, 3.63) is 72.8 Å². The van der Waals surface area contributed by atoms with Crippen molar-refractivity contribution in [1.29, 1.82) is 0 Å². The number of fused-ring (bicyclic) bond motifs is 1. The van der Waals surface area contributed by atoms with E-state index in [4.69, 9.17) is 14.2 Å². The Morgan fingerprint density at radius 3 is 2.44 bits per heavy atom. The van der Waals surface area contributed by atoms with E-state index in [1.54, 1.807) is 60.7 Å². The van der Waals surface area contributed by atoms with Crippen LogP contribution in [0, 0.1) is 0 Å². The molecule has 9 heteroatoms. The zero-order chi connectivity index (χ0) is 22.7. The predicted octanol–water partition coefficient (Wildman–Crippen LogP) is 3.30. The number of rotatable bonds is 6. The Morgan fingerprint density at radius 2 is 1.72 bits per heavy atom. The van der Waals surface area contributed by atoms with Gasteiger partial charge >= 0.3 is 0 Å². The number of methoxy groups -OCH3 is 2. The highest BCUT2D eigenvalue weighted by atomic mass is 32.2. The second kappa shape index (κ2) is 8.80. The van der Waals surface area contributed by atoms with Gasteiger partial charge in [-0.05, 0) is 36.4 Å². The van der Waals surface area contributed by atoms with Crippen molar-refractivity contribution in [2.75, 3.05) is 30.4 Å². The molecular formula is C23H22N2O6S. The molecule has 3 aromatic carbocycles. The Kier molecular flexibility index (Phi) is 5.91. The third-order valence-corrected chi connectivity index (χ3v) is 6.82. The lowest BCUT2D eigenvalue weighted by Crippen LogP contribution is -2.48. The molecule has 0 bridgehead atoms. The lowest BCUT2D eigenvalue weighted by molar-refractivity contribution is -0.122. The summed E-state index contributed by atoms with van der Waals surface area (Å²) >= 11 is 0. The Morgan fingerprint density at radius 1 is 1.00 bits per heavy atom. The van der Waals surface area contributed by atoms with Crippen LogP contribution in [0.3, 0.4) is 0 Å². The van der Waals surface area contributed by atoms with E-state index < -0.39 is 22.0 Å². The zero-order valence-electron chi connectivity index (χ0n) is 17.5. The van der Waals surface area contributed by atoms with Crippen molar-refractivity contribution >= 4 is 27.3 Å². The molecular weight excluding hydrogens is 432 g/mol. The van der Waals surface area contributed by atoms with Gasteiger partial charge in [-0.25, -0.2) is 8.42 Å². The highest BCUT2D eigenvalue weighted by Gasteiger charge is 2.37. The number of sulfonamides is 1. The van der Waals surface area contributed by atoms with Crippen LogP contribution in [0.2, 0.25) is 0 Å². The molecule has 1 amide bonds. The van der Waals surface area contributed by atoms with E-state index in [1.165, 1.54) is 30.7 Å². The molecule has 0 fully saturated rings. The van der Waals surface area contributed by atoms with Gasteiger partial charge in [0, 0.05) is 6.07 Å². The average molecular weight is 455 g/mol. The van der Waals surface area contributed by atoms with Crippen molar-refractivity contribution in [1.82, 2.24) is 0 Å². The van der Waals surface area contributed by atoms with Gasteiger partial charge in [-0.1, -0.05) is 30.3 Å². The number of ether oxygens (including phenoxy) is 3. The van der Waals surface area contributed by atoms with Gasteiger partial charge in [-0.15, -0.1) is 0 Å². The maximum atomic E-state index is 13.4. The van der Waals surface area contributed by atoms with Crippen LogP contribution in [0.15, 0.2) is 77.7 Å². The molecule has 0 spiro atoms. The largest absolute Gasteiger partial charge is 0.497 e. The van der Waals surface area contributed by atoms with Gasteiger partial charge in [0.2, 0.25) is 0 Å². The predicted molar refractivity (Wildman–Crippen MR) is 120 cm³/mol. The Labute approximate surface area is 186 Å². The van der Waals surface area contributed by atoms with Gasteiger partial charge in [0.05, 0.1) is 37.0 Å². The molecule has 1 aliphatic rings. The number of amides is 1. The maximum absolute atomic E-state index is 13.4. The number of hydrogen-bond acceptors (Lipinski definition) is 6. The molecule has 0 radical (unpaired) electrons. The summed E-state index contributed by atoms with van der Waals surface area (Å²) in [6.45, 7) is -0.182. The molecule has 0 unspecified atom stereocenters. The topological polar surface area (TPSA) is 94.2 Å². The Hall–Kier alpha value is -3.72. The molecule has 1 N–H and O–H groups in total. The van der Waals surface area contributed by atoms with Crippen LogP contribution in [0.4, 0.5) is 11.4 Å². The van der Waals surface area contributed by atoms with E-state index in [2.05, 4.69) is 5.32 Å². The molecule has 8 nitrogen and oxygen atoms in total. The number of benzene rings is 3. The molecule has 3 aromatic rings. The maximum Gasteiger partial charge on any atom is 0.267 e. The lowest BCUT2D eigenvalue weighted by Gasteiger charge is -2.34. The number of nitrogens with zero attached hydrogens (tertiary/aromatic N) is 1. The Bertz CT molecular complexity index is 1230. The van der Waals surface area contributed by atoms with E-state index in [9.17, 15) is 13.2 Å². The molecule has 0 saturated heterocycles. The number of nitrogens with one attached hydrogen (secondary N) is 1. The van der Waals surface area contributed by atoms with Crippen molar-refractivity contribution in [3.8, 4) is 17.2 Å². The number of para-hydroxylation sites is 2. The molecule has 0 aromatic heterocycles. The first kappa shape index (κ1) is 21.5. The van der Waals surface area contributed by atoms with Crippen LogP contribution in [0.25, 0.3) is 0 Å². The second-order valence-electron chi connectivity index (χ2n) is 6.98. The minimum absolute atomic E-state index is 0.132. The van der Waals surface area contributed by atoms with Crippen molar-refractivity contribution in [2.24, 2.45) is 0 Å². The first-order chi connectivity index (χ1) is 15.4. The highest BCUT2D eigenvalue weighted by molar-refractivity contribution is 7.92. The third kappa shape index (κ3) is 4.06. The normalized spacial score (nSPS) is 15.3. The fourth-order valence-electron chi connectivity index (χ4n) is 3.40. The summed E-state index contributed by atoms with van der Waals surface area (Å²) in [6, 6.07) is 19.8. The summed E-state index contributed by atoms with van der Waals surface area (Å²) in [4.78, 5) is 13.2. The summed E-state index contributed by atoms with van der Waals surface area (Å²) < 4.78 is 44.3. The monoisotopic (exact) mass is 454 g/mol. The van der Waals surface area contributed by atoms with Crippen LogP contribution < -0.4 is 23.8 Å². The van der Waals surface area contributed by atoms with Gasteiger partial charge in [0.15, 0.2) is 6.10 Å². The molecule has 166 valence electrons. The first-order valence-electron chi connectivity index (χ1n) is 9.80. The minimum Gasteiger partial charge on any atom is -0.497 e. The summed E-state index contributed by atoms with van der Waals surface area (Å²) in [5.41, 5.74) is 0.792. The SMILES string of the molecule is COc1ccc(NC(=O)[C@@H]2CN(S(=O)(=O)c3ccccc3)c3ccccc3O2)c(OC)c1. The van der Waals surface area contributed by atoms with Gasteiger partial charge in [-0.2, -0.15) is 0 Å². The summed E-state index contributed by atoms with van der Waals surface area (Å²) in [5, 5.41) is 2.76. The van der Waals surface area contributed by atoms with Crippen LogP contribution in [-0.2, 0) is 14.8 Å². The molecule has 0 saturated carbocycles. The molecule has 1 aliphatic heterocycles. The van der Waals surface area contributed by atoms with Crippen LogP contribution in [0.5, 0.6) is 17.2 Å². The number of anilines is 2. The highest BCUT2D eigenvalue weighted by Crippen LogP contribution is 2.37. The van der Waals surface area contributed by atoms with E-state index in [0.29, 0.717) is 28.6 Å². The average Bonchev–Trinajstić information content (AvgIpc) is 2.84. The molecule has 0 aliphatic carbocycles. The number of hydrogen-bond donors (Lipinski definition) is 1. The molecule has 4 rings (SSSR count). The molecule has 1 atom stereocenters.